The molecule has 5 heteroatoms. The first kappa shape index (κ1) is 13.9. The van der Waals surface area contributed by atoms with Crippen LogP contribution in [-0.4, -0.2) is 17.1 Å². The minimum atomic E-state index is 0.0918. The Bertz CT molecular complexity index is 610. The first-order chi connectivity index (χ1) is 9.67. The van der Waals surface area contributed by atoms with Gasteiger partial charge in [0.05, 0.1) is 17.2 Å². The Morgan fingerprint density at radius 2 is 2.25 bits per heavy atom. The molecule has 0 atom stereocenters. The minimum Gasteiger partial charge on any atom is -0.391 e. The van der Waals surface area contributed by atoms with Crippen molar-refractivity contribution >= 4 is 28.1 Å². The zero-order chi connectivity index (χ0) is 14.1. The van der Waals surface area contributed by atoms with E-state index in [1.165, 1.54) is 12.8 Å². The van der Waals surface area contributed by atoms with Crippen LogP contribution in [0, 0.1) is 0 Å². The maximum absolute atomic E-state index is 9.45. The van der Waals surface area contributed by atoms with Gasteiger partial charge in [-0.05, 0) is 30.5 Å². The molecule has 0 saturated heterocycles. The number of aliphatic hydroxyl groups excluding tert-OH is 1. The van der Waals surface area contributed by atoms with Gasteiger partial charge in [-0.15, -0.1) is 0 Å². The van der Waals surface area contributed by atoms with E-state index in [0.717, 1.165) is 32.8 Å². The van der Waals surface area contributed by atoms with Crippen LogP contribution < -0.4 is 4.90 Å². The Morgan fingerprint density at radius 1 is 1.45 bits per heavy atom. The number of benzene rings is 1. The van der Waals surface area contributed by atoms with Gasteiger partial charge < -0.3 is 10.0 Å². The zero-order valence-electron chi connectivity index (χ0n) is 11.3. The molecule has 1 heterocycles. The molecule has 0 amide bonds. The predicted molar refractivity (Wildman–Crippen MR) is 83.6 cm³/mol. The zero-order valence-corrected chi connectivity index (χ0v) is 12.9. The third-order valence-electron chi connectivity index (χ3n) is 3.46. The number of thiazole rings is 1. The van der Waals surface area contributed by atoms with Crippen LogP contribution in [-0.2, 0) is 13.2 Å². The predicted octanol–water partition coefficient (Wildman–Crippen LogP) is 3.80. The average Bonchev–Trinajstić information content (AvgIpc) is 3.17. The van der Waals surface area contributed by atoms with Crippen molar-refractivity contribution in [1.29, 1.82) is 0 Å². The van der Waals surface area contributed by atoms with Crippen molar-refractivity contribution in [3.63, 3.8) is 0 Å². The normalized spacial score (nSPS) is 14.6. The van der Waals surface area contributed by atoms with Gasteiger partial charge in [0.1, 0.15) is 0 Å². The van der Waals surface area contributed by atoms with E-state index in [4.69, 9.17) is 16.6 Å². The monoisotopic (exact) mass is 308 g/mol. The topological polar surface area (TPSA) is 36.4 Å². The number of aliphatic hydroxyl groups is 1. The minimum absolute atomic E-state index is 0.0918. The first-order valence-corrected chi connectivity index (χ1v) is 7.93. The molecular weight excluding hydrogens is 292 g/mol. The van der Waals surface area contributed by atoms with E-state index in [1.807, 2.05) is 25.2 Å². The largest absolute Gasteiger partial charge is 0.391 e. The summed E-state index contributed by atoms with van der Waals surface area (Å²) in [6.45, 7) is 0.859. The first-order valence-electron chi connectivity index (χ1n) is 6.73. The van der Waals surface area contributed by atoms with Crippen molar-refractivity contribution in [3.8, 4) is 0 Å². The average molecular weight is 309 g/mol. The molecule has 106 valence electrons. The Kier molecular flexibility index (Phi) is 3.96. The molecule has 1 saturated carbocycles. The van der Waals surface area contributed by atoms with E-state index < -0.39 is 0 Å². The lowest BCUT2D eigenvalue weighted by Gasteiger charge is -2.15. The van der Waals surface area contributed by atoms with E-state index in [0.29, 0.717) is 5.92 Å². The number of rotatable bonds is 5. The summed E-state index contributed by atoms with van der Waals surface area (Å²) in [5.74, 6) is 0.571. The molecule has 3 nitrogen and oxygen atoms in total. The highest BCUT2D eigenvalue weighted by Crippen LogP contribution is 2.44. The standard InChI is InChI=1S/C15H17ClN2OS/c1-18(8-10-3-2-4-12(16)7-10)15-17-14(11-5-6-11)13(9-19)20-15/h2-4,7,11,19H,5-6,8-9H2,1H3. The highest BCUT2D eigenvalue weighted by Gasteiger charge is 2.29. The van der Waals surface area contributed by atoms with Gasteiger partial charge in [0.2, 0.25) is 0 Å². The molecule has 0 radical (unpaired) electrons. The third-order valence-corrected chi connectivity index (χ3v) is 4.86. The molecule has 3 rings (SSSR count). The van der Waals surface area contributed by atoms with Crippen LogP contribution in [0.1, 0.15) is 34.9 Å². The van der Waals surface area contributed by atoms with Crippen LogP contribution in [0.4, 0.5) is 5.13 Å². The van der Waals surface area contributed by atoms with Crippen molar-refractivity contribution in [2.45, 2.75) is 31.9 Å². The van der Waals surface area contributed by atoms with Gasteiger partial charge in [0.15, 0.2) is 5.13 Å². The summed E-state index contributed by atoms with van der Waals surface area (Å²) in [5.41, 5.74) is 2.26. The third kappa shape index (κ3) is 2.97. The van der Waals surface area contributed by atoms with E-state index in [9.17, 15) is 5.11 Å². The molecule has 1 N–H and O–H groups in total. The van der Waals surface area contributed by atoms with Gasteiger partial charge >= 0.3 is 0 Å². The van der Waals surface area contributed by atoms with E-state index in [-0.39, 0.29) is 6.61 Å². The summed E-state index contributed by atoms with van der Waals surface area (Å²) in [4.78, 5) is 7.84. The summed E-state index contributed by atoms with van der Waals surface area (Å²) in [6, 6.07) is 7.87. The van der Waals surface area contributed by atoms with Crippen LogP contribution in [0.3, 0.4) is 0 Å². The summed E-state index contributed by atoms with van der Waals surface area (Å²) >= 11 is 7.60. The van der Waals surface area contributed by atoms with E-state index in [2.05, 4.69) is 11.0 Å². The second-order valence-electron chi connectivity index (χ2n) is 5.22. The number of aromatic nitrogens is 1. The maximum Gasteiger partial charge on any atom is 0.185 e. The van der Waals surface area contributed by atoms with Crippen molar-refractivity contribution in [1.82, 2.24) is 4.98 Å². The van der Waals surface area contributed by atoms with E-state index >= 15 is 0 Å². The molecule has 1 aliphatic rings. The molecule has 0 spiro atoms. The Morgan fingerprint density at radius 3 is 2.90 bits per heavy atom. The molecule has 0 aliphatic heterocycles. The number of hydrogen-bond donors (Lipinski definition) is 1. The van der Waals surface area contributed by atoms with Gasteiger partial charge in [-0.1, -0.05) is 35.1 Å². The number of nitrogens with zero attached hydrogens (tertiary/aromatic N) is 2. The molecule has 2 aromatic rings. The van der Waals surface area contributed by atoms with E-state index in [1.54, 1.807) is 11.3 Å². The maximum atomic E-state index is 9.45. The summed E-state index contributed by atoms with van der Waals surface area (Å²) in [7, 11) is 2.03. The highest BCUT2D eigenvalue weighted by atomic mass is 35.5. The molecule has 0 bridgehead atoms. The lowest BCUT2D eigenvalue weighted by molar-refractivity contribution is 0.284. The van der Waals surface area contributed by atoms with Crippen LogP contribution in [0.2, 0.25) is 5.02 Å². The second kappa shape index (κ2) is 5.72. The summed E-state index contributed by atoms with van der Waals surface area (Å²) in [6.07, 6.45) is 2.41. The van der Waals surface area contributed by atoms with Crippen LogP contribution in [0.5, 0.6) is 0 Å². The van der Waals surface area contributed by atoms with Gasteiger partial charge in [-0.25, -0.2) is 4.98 Å². The molecule has 1 aromatic heterocycles. The second-order valence-corrected chi connectivity index (χ2v) is 6.72. The molecule has 0 unspecified atom stereocenters. The highest BCUT2D eigenvalue weighted by molar-refractivity contribution is 7.15. The Labute approximate surface area is 127 Å². The summed E-state index contributed by atoms with van der Waals surface area (Å²) < 4.78 is 0. The van der Waals surface area contributed by atoms with Gasteiger partial charge in [0, 0.05) is 24.5 Å². The molecular formula is C15H17ClN2OS. The fourth-order valence-corrected chi connectivity index (χ4v) is 3.46. The lowest BCUT2D eigenvalue weighted by atomic mass is 10.2. The van der Waals surface area contributed by atoms with Gasteiger partial charge in [-0.2, -0.15) is 0 Å². The van der Waals surface area contributed by atoms with Crippen LogP contribution in [0.25, 0.3) is 0 Å². The lowest BCUT2D eigenvalue weighted by Crippen LogP contribution is -2.16. The molecule has 20 heavy (non-hydrogen) atoms. The van der Waals surface area contributed by atoms with Crippen LogP contribution >= 0.6 is 22.9 Å². The fraction of sp³-hybridized carbons (Fsp3) is 0.400. The molecule has 1 aromatic carbocycles. The van der Waals surface area contributed by atoms with Crippen molar-refractivity contribution in [2.75, 3.05) is 11.9 Å². The Balaban J connectivity index is 1.78. The molecule has 1 fully saturated rings. The number of hydrogen-bond acceptors (Lipinski definition) is 4. The van der Waals surface area contributed by atoms with Gasteiger partial charge in [0.25, 0.3) is 0 Å². The van der Waals surface area contributed by atoms with Crippen molar-refractivity contribution < 1.29 is 5.11 Å². The van der Waals surface area contributed by atoms with Crippen molar-refractivity contribution in [3.05, 3.63) is 45.4 Å². The Hall–Kier alpha value is -1.10. The SMILES string of the molecule is CN(Cc1cccc(Cl)c1)c1nc(C2CC2)c(CO)s1. The smallest absolute Gasteiger partial charge is 0.185 e. The number of anilines is 1. The van der Waals surface area contributed by atoms with Gasteiger partial charge in [-0.3, -0.25) is 0 Å². The molecule has 1 aliphatic carbocycles. The fourth-order valence-electron chi connectivity index (χ4n) is 2.28. The van der Waals surface area contributed by atoms with Crippen LogP contribution in [0.15, 0.2) is 24.3 Å². The number of halogens is 1. The summed E-state index contributed by atoms with van der Waals surface area (Å²) in [5, 5.41) is 11.2. The quantitative estimate of drug-likeness (QED) is 0.912. The van der Waals surface area contributed by atoms with Crippen molar-refractivity contribution in [2.24, 2.45) is 0 Å².